The van der Waals surface area contributed by atoms with Crippen LogP contribution in [0.4, 0.5) is 0 Å². The molecule has 0 saturated carbocycles. The summed E-state index contributed by atoms with van der Waals surface area (Å²) in [6, 6.07) is 10.4. The van der Waals surface area contributed by atoms with Crippen LogP contribution in [0.1, 0.15) is 37.7 Å². The van der Waals surface area contributed by atoms with Gasteiger partial charge in [0.15, 0.2) is 0 Å². The van der Waals surface area contributed by atoms with Crippen LogP contribution in [0.2, 0.25) is 5.02 Å². The molecule has 2 aliphatic heterocycles. The average Bonchev–Trinajstić information content (AvgIpc) is 2.37. The fourth-order valence-corrected chi connectivity index (χ4v) is 3.90. The first-order valence-corrected chi connectivity index (χ1v) is 7.80. The van der Waals surface area contributed by atoms with E-state index < -0.39 is 0 Å². The van der Waals surface area contributed by atoms with Gasteiger partial charge in [-0.2, -0.15) is 0 Å². The monoisotopic (exact) mass is 278 g/mol. The Morgan fingerprint density at radius 3 is 2.68 bits per heavy atom. The lowest BCUT2D eigenvalue weighted by molar-refractivity contribution is 0.0482. The number of piperidine rings is 2. The van der Waals surface area contributed by atoms with Crippen molar-refractivity contribution in [3.8, 4) is 0 Å². The van der Waals surface area contributed by atoms with E-state index in [9.17, 15) is 0 Å². The van der Waals surface area contributed by atoms with Crippen LogP contribution in [-0.4, -0.2) is 30.1 Å². The maximum Gasteiger partial charge on any atom is 0.0409 e. The Balaban J connectivity index is 1.56. The van der Waals surface area contributed by atoms with Crippen LogP contribution in [0.3, 0.4) is 0 Å². The summed E-state index contributed by atoms with van der Waals surface area (Å²) in [5.41, 5.74) is 1.29. The lowest BCUT2D eigenvalue weighted by atomic mass is 9.82. The van der Waals surface area contributed by atoms with E-state index >= 15 is 0 Å². The molecule has 2 atom stereocenters. The Labute approximate surface area is 121 Å². The first-order valence-electron chi connectivity index (χ1n) is 7.42. The van der Waals surface area contributed by atoms with Crippen molar-refractivity contribution in [3.05, 3.63) is 34.9 Å². The molecule has 2 saturated heterocycles. The van der Waals surface area contributed by atoms with Crippen molar-refractivity contribution in [2.24, 2.45) is 0 Å². The molecule has 0 aliphatic carbocycles. The Morgan fingerprint density at radius 2 is 2.00 bits per heavy atom. The minimum atomic E-state index is 0.672. The molecule has 2 aliphatic rings. The van der Waals surface area contributed by atoms with Crippen molar-refractivity contribution in [2.75, 3.05) is 7.05 Å². The third-order valence-corrected chi connectivity index (χ3v) is 5.06. The Kier molecular flexibility index (Phi) is 4.11. The third-order valence-electron chi connectivity index (χ3n) is 4.82. The molecule has 104 valence electrons. The largest absolute Gasteiger partial charge is 0.310 e. The van der Waals surface area contributed by atoms with Gasteiger partial charge in [-0.15, -0.1) is 0 Å². The van der Waals surface area contributed by atoms with Crippen LogP contribution in [-0.2, 0) is 6.54 Å². The molecule has 0 amide bonds. The lowest BCUT2D eigenvalue weighted by Gasteiger charge is -2.47. The molecule has 0 radical (unpaired) electrons. The van der Waals surface area contributed by atoms with Gasteiger partial charge in [0.1, 0.15) is 0 Å². The molecule has 0 spiro atoms. The van der Waals surface area contributed by atoms with Gasteiger partial charge in [0.25, 0.3) is 0 Å². The molecule has 3 rings (SSSR count). The van der Waals surface area contributed by atoms with E-state index in [-0.39, 0.29) is 0 Å². The first-order chi connectivity index (χ1) is 9.22. The van der Waals surface area contributed by atoms with Crippen LogP contribution in [0.5, 0.6) is 0 Å². The molecule has 3 heteroatoms. The van der Waals surface area contributed by atoms with Gasteiger partial charge in [0, 0.05) is 29.7 Å². The molecular formula is C16H23ClN2. The van der Waals surface area contributed by atoms with Crippen molar-refractivity contribution in [2.45, 2.75) is 56.8 Å². The fraction of sp³-hybridized carbons (Fsp3) is 0.625. The van der Waals surface area contributed by atoms with E-state index in [0.29, 0.717) is 6.04 Å². The summed E-state index contributed by atoms with van der Waals surface area (Å²) >= 11 is 6.03. The highest BCUT2D eigenvalue weighted by Crippen LogP contribution is 2.32. The van der Waals surface area contributed by atoms with E-state index in [1.807, 2.05) is 12.1 Å². The van der Waals surface area contributed by atoms with Crippen molar-refractivity contribution >= 4 is 11.6 Å². The number of fused-ring (bicyclic) bond motifs is 2. The lowest BCUT2D eigenvalue weighted by Crippen LogP contribution is -2.54. The van der Waals surface area contributed by atoms with Gasteiger partial charge in [0.2, 0.25) is 0 Å². The number of hydrogen-bond acceptors (Lipinski definition) is 2. The Morgan fingerprint density at radius 1 is 1.26 bits per heavy atom. The molecule has 19 heavy (non-hydrogen) atoms. The van der Waals surface area contributed by atoms with Crippen molar-refractivity contribution in [1.82, 2.24) is 10.2 Å². The molecular weight excluding hydrogens is 256 g/mol. The highest BCUT2D eigenvalue weighted by Gasteiger charge is 2.35. The molecule has 2 nitrogen and oxygen atoms in total. The van der Waals surface area contributed by atoms with E-state index in [2.05, 4.69) is 29.4 Å². The van der Waals surface area contributed by atoms with Crippen molar-refractivity contribution < 1.29 is 0 Å². The summed E-state index contributed by atoms with van der Waals surface area (Å²) in [5.74, 6) is 0. The van der Waals surface area contributed by atoms with Gasteiger partial charge < -0.3 is 10.2 Å². The van der Waals surface area contributed by atoms with Crippen LogP contribution < -0.4 is 5.32 Å². The SMILES string of the molecule is CN1C2CCCC1CC(NCc1cccc(Cl)c1)C2. The Bertz CT molecular complexity index is 421. The number of benzene rings is 1. The zero-order chi connectivity index (χ0) is 13.2. The number of nitrogens with zero attached hydrogens (tertiary/aromatic N) is 1. The summed E-state index contributed by atoms with van der Waals surface area (Å²) in [6.07, 6.45) is 6.77. The predicted molar refractivity (Wildman–Crippen MR) is 80.5 cm³/mol. The second kappa shape index (κ2) is 5.82. The second-order valence-electron chi connectivity index (χ2n) is 6.08. The summed E-state index contributed by atoms with van der Waals surface area (Å²) in [7, 11) is 2.31. The molecule has 1 aromatic carbocycles. The second-order valence-corrected chi connectivity index (χ2v) is 6.52. The Hall–Kier alpha value is -0.570. The van der Waals surface area contributed by atoms with E-state index in [1.165, 1.54) is 37.7 Å². The first kappa shape index (κ1) is 13.4. The quantitative estimate of drug-likeness (QED) is 0.911. The smallest absolute Gasteiger partial charge is 0.0409 e. The average molecular weight is 279 g/mol. The highest BCUT2D eigenvalue weighted by atomic mass is 35.5. The van der Waals surface area contributed by atoms with Crippen molar-refractivity contribution in [1.29, 1.82) is 0 Å². The number of hydrogen-bond donors (Lipinski definition) is 1. The fourth-order valence-electron chi connectivity index (χ4n) is 3.69. The van der Waals surface area contributed by atoms with Crippen LogP contribution in [0.25, 0.3) is 0 Å². The van der Waals surface area contributed by atoms with Gasteiger partial charge in [-0.25, -0.2) is 0 Å². The molecule has 0 aromatic heterocycles. The molecule has 1 aromatic rings. The third kappa shape index (κ3) is 3.13. The zero-order valence-corrected chi connectivity index (χ0v) is 12.4. The molecule has 1 N–H and O–H groups in total. The molecule has 2 fully saturated rings. The maximum absolute atomic E-state index is 6.03. The number of rotatable bonds is 3. The topological polar surface area (TPSA) is 15.3 Å². The highest BCUT2D eigenvalue weighted by molar-refractivity contribution is 6.30. The molecule has 2 unspecified atom stereocenters. The van der Waals surface area contributed by atoms with Gasteiger partial charge in [-0.1, -0.05) is 30.2 Å². The summed E-state index contributed by atoms with van der Waals surface area (Å²) in [5, 5.41) is 4.56. The predicted octanol–water partition coefficient (Wildman–Crippen LogP) is 3.44. The minimum absolute atomic E-state index is 0.672. The van der Waals surface area contributed by atoms with Crippen molar-refractivity contribution in [3.63, 3.8) is 0 Å². The van der Waals surface area contributed by atoms with Crippen LogP contribution in [0, 0.1) is 0 Å². The summed E-state index contributed by atoms with van der Waals surface area (Å²) in [4.78, 5) is 2.61. The van der Waals surface area contributed by atoms with Gasteiger partial charge in [0.05, 0.1) is 0 Å². The minimum Gasteiger partial charge on any atom is -0.310 e. The van der Waals surface area contributed by atoms with Gasteiger partial charge >= 0.3 is 0 Å². The van der Waals surface area contributed by atoms with E-state index in [4.69, 9.17) is 11.6 Å². The van der Waals surface area contributed by atoms with Gasteiger partial charge in [-0.05, 0) is 50.4 Å². The molecule has 2 bridgehead atoms. The maximum atomic E-state index is 6.03. The standard InChI is InChI=1S/C16H23ClN2/c1-19-15-6-3-7-16(19)10-14(9-15)18-11-12-4-2-5-13(17)8-12/h2,4-5,8,14-16,18H,3,6-7,9-11H2,1H3. The van der Waals surface area contributed by atoms with E-state index in [0.717, 1.165) is 23.7 Å². The van der Waals surface area contributed by atoms with Crippen LogP contribution in [0.15, 0.2) is 24.3 Å². The summed E-state index contributed by atoms with van der Waals surface area (Å²) in [6.45, 7) is 0.939. The number of nitrogens with one attached hydrogen (secondary N) is 1. The molecule has 2 heterocycles. The van der Waals surface area contributed by atoms with Gasteiger partial charge in [-0.3, -0.25) is 0 Å². The summed E-state index contributed by atoms with van der Waals surface area (Å²) < 4.78 is 0. The van der Waals surface area contributed by atoms with E-state index in [1.54, 1.807) is 0 Å². The zero-order valence-electron chi connectivity index (χ0n) is 11.6. The van der Waals surface area contributed by atoms with Crippen LogP contribution >= 0.6 is 11.6 Å². The number of halogens is 1. The normalized spacial score (nSPS) is 31.4.